The summed E-state index contributed by atoms with van der Waals surface area (Å²) in [5.74, 6) is 1.31. The van der Waals surface area contributed by atoms with E-state index in [1.165, 1.54) is 0 Å². The number of aromatic nitrogens is 3. The first-order valence-corrected chi connectivity index (χ1v) is 17.4. The first-order chi connectivity index (χ1) is 25.8. The van der Waals surface area contributed by atoms with Gasteiger partial charge in [-0.25, -0.2) is 9.97 Å². The normalized spacial score (nSPS) is 11.4. The van der Waals surface area contributed by atoms with E-state index >= 15 is 0 Å². The molecule has 0 aliphatic carbocycles. The highest BCUT2D eigenvalue weighted by Crippen LogP contribution is 2.46. The third-order valence-electron chi connectivity index (χ3n) is 10.0. The smallest absolute Gasteiger partial charge is 0.162 e. The maximum absolute atomic E-state index is 10.2. The molecule has 0 N–H and O–H groups in total. The lowest BCUT2D eigenvalue weighted by Gasteiger charge is -2.37. The van der Waals surface area contributed by atoms with Crippen LogP contribution in [0.2, 0.25) is 0 Å². The monoisotopic (exact) mass is 664 g/mol. The average molecular weight is 665 g/mol. The zero-order chi connectivity index (χ0) is 34.9. The standard InChI is InChI=1S/C48H32N4/c49-33-35-17-10-11-26-40(35)43-32-46(52-44-29-14-12-27-41(44)42-28-13-15-30-45(42)52)51-47(50-43)34-18-16-25-39(31-34)48(36-19-4-1-5-20-36,37-21-6-2-7-22-37)38-23-8-3-9-24-38/h1-32H. The van der Waals surface area contributed by atoms with Gasteiger partial charge in [0.05, 0.1) is 33.8 Å². The molecule has 4 nitrogen and oxygen atoms in total. The molecule has 7 aromatic carbocycles. The van der Waals surface area contributed by atoms with E-state index in [2.05, 4.69) is 174 Å². The van der Waals surface area contributed by atoms with E-state index in [4.69, 9.17) is 9.97 Å². The Hall–Kier alpha value is -7.09. The third kappa shape index (κ3) is 5.07. The summed E-state index contributed by atoms with van der Waals surface area (Å²) in [7, 11) is 0. The van der Waals surface area contributed by atoms with Crippen LogP contribution in [0.4, 0.5) is 0 Å². The van der Waals surface area contributed by atoms with Crippen molar-refractivity contribution in [2.45, 2.75) is 5.41 Å². The van der Waals surface area contributed by atoms with Crippen LogP contribution in [0.25, 0.3) is 50.3 Å². The summed E-state index contributed by atoms with van der Waals surface area (Å²) in [4.78, 5) is 10.6. The predicted octanol–water partition coefficient (Wildman–Crippen LogP) is 11.2. The van der Waals surface area contributed by atoms with Gasteiger partial charge in [0.25, 0.3) is 0 Å². The van der Waals surface area contributed by atoms with Gasteiger partial charge in [-0.05, 0) is 46.5 Å². The molecule has 9 aromatic rings. The first kappa shape index (κ1) is 30.9. The van der Waals surface area contributed by atoms with Gasteiger partial charge in [0.1, 0.15) is 5.82 Å². The van der Waals surface area contributed by atoms with Gasteiger partial charge in [0.2, 0.25) is 0 Å². The molecule has 4 heteroatoms. The van der Waals surface area contributed by atoms with Gasteiger partial charge in [-0.1, -0.05) is 164 Å². The molecule has 52 heavy (non-hydrogen) atoms. The van der Waals surface area contributed by atoms with E-state index in [1.807, 2.05) is 30.3 Å². The van der Waals surface area contributed by atoms with Crippen LogP contribution in [0.15, 0.2) is 194 Å². The van der Waals surface area contributed by atoms with Gasteiger partial charge in [-0.3, -0.25) is 4.57 Å². The van der Waals surface area contributed by atoms with Crippen molar-refractivity contribution in [2.24, 2.45) is 0 Å². The van der Waals surface area contributed by atoms with E-state index in [0.717, 1.165) is 61.0 Å². The Morgan fingerprint density at radius 3 is 1.54 bits per heavy atom. The van der Waals surface area contributed by atoms with Crippen LogP contribution < -0.4 is 0 Å². The Labute approximate surface area is 302 Å². The number of para-hydroxylation sites is 2. The quantitative estimate of drug-likeness (QED) is 0.159. The number of fused-ring (bicyclic) bond motifs is 3. The second-order valence-electron chi connectivity index (χ2n) is 12.9. The number of nitrogens with zero attached hydrogens (tertiary/aromatic N) is 4. The molecule has 9 rings (SSSR count). The minimum absolute atomic E-state index is 0.560. The fraction of sp³-hybridized carbons (Fsp3) is 0.0208. The van der Waals surface area contributed by atoms with Gasteiger partial charge in [-0.15, -0.1) is 0 Å². The Morgan fingerprint density at radius 2 is 0.962 bits per heavy atom. The summed E-state index contributed by atoms with van der Waals surface area (Å²) in [5, 5.41) is 12.5. The average Bonchev–Trinajstić information content (AvgIpc) is 3.57. The molecule has 2 heterocycles. The highest BCUT2D eigenvalue weighted by atomic mass is 15.1. The van der Waals surface area contributed by atoms with E-state index in [9.17, 15) is 5.26 Å². The van der Waals surface area contributed by atoms with Crippen molar-refractivity contribution in [3.05, 3.63) is 222 Å². The minimum atomic E-state index is -0.625. The molecular formula is C48H32N4. The van der Waals surface area contributed by atoms with E-state index < -0.39 is 5.41 Å². The molecule has 2 aromatic heterocycles. The van der Waals surface area contributed by atoms with E-state index in [1.54, 1.807) is 0 Å². The largest absolute Gasteiger partial charge is 0.294 e. The summed E-state index contributed by atoms with van der Waals surface area (Å²) >= 11 is 0. The summed E-state index contributed by atoms with van der Waals surface area (Å²) < 4.78 is 2.21. The van der Waals surface area contributed by atoms with Crippen molar-refractivity contribution in [1.29, 1.82) is 5.26 Å². The molecule has 0 aliphatic rings. The van der Waals surface area contributed by atoms with Crippen LogP contribution in [-0.2, 0) is 5.41 Å². The highest BCUT2D eigenvalue weighted by molar-refractivity contribution is 6.09. The lowest BCUT2D eigenvalue weighted by Crippen LogP contribution is -2.31. The van der Waals surface area contributed by atoms with Gasteiger partial charge in [0.15, 0.2) is 5.82 Å². The summed E-state index contributed by atoms with van der Waals surface area (Å²) in [6.07, 6.45) is 0. The molecule has 0 atom stereocenters. The van der Waals surface area contributed by atoms with E-state index in [-0.39, 0.29) is 0 Å². The number of benzene rings is 7. The minimum Gasteiger partial charge on any atom is -0.294 e. The highest BCUT2D eigenvalue weighted by Gasteiger charge is 2.38. The molecule has 0 saturated carbocycles. The predicted molar refractivity (Wildman–Crippen MR) is 210 cm³/mol. The van der Waals surface area contributed by atoms with Crippen LogP contribution in [0.5, 0.6) is 0 Å². The molecule has 0 bridgehead atoms. The van der Waals surface area contributed by atoms with Gasteiger partial charge >= 0.3 is 0 Å². The second-order valence-corrected chi connectivity index (χ2v) is 12.9. The van der Waals surface area contributed by atoms with Crippen molar-refractivity contribution in [1.82, 2.24) is 14.5 Å². The van der Waals surface area contributed by atoms with Gasteiger partial charge in [0, 0.05) is 28.0 Å². The number of hydrogen-bond donors (Lipinski definition) is 0. The zero-order valence-corrected chi connectivity index (χ0v) is 28.3. The topological polar surface area (TPSA) is 54.5 Å². The third-order valence-corrected chi connectivity index (χ3v) is 10.0. The molecule has 0 spiro atoms. The van der Waals surface area contributed by atoms with Crippen LogP contribution in [-0.4, -0.2) is 14.5 Å². The summed E-state index contributed by atoms with van der Waals surface area (Å²) in [6, 6.07) is 69.6. The number of nitriles is 1. The fourth-order valence-electron chi connectivity index (χ4n) is 7.75. The first-order valence-electron chi connectivity index (χ1n) is 17.4. The Balaban J connectivity index is 1.34. The molecule has 0 radical (unpaired) electrons. The van der Waals surface area contributed by atoms with Crippen molar-refractivity contribution >= 4 is 21.8 Å². The molecule has 0 aliphatic heterocycles. The number of hydrogen-bond acceptors (Lipinski definition) is 3. The zero-order valence-electron chi connectivity index (χ0n) is 28.3. The Kier molecular flexibility index (Phi) is 7.72. The Morgan fingerprint density at radius 1 is 0.462 bits per heavy atom. The maximum Gasteiger partial charge on any atom is 0.162 e. The lowest BCUT2D eigenvalue weighted by atomic mass is 9.65. The molecule has 0 amide bonds. The Bertz CT molecular complexity index is 2590. The lowest BCUT2D eigenvalue weighted by molar-refractivity contribution is 0.745. The number of rotatable bonds is 7. The van der Waals surface area contributed by atoms with Crippen molar-refractivity contribution < 1.29 is 0 Å². The summed E-state index contributed by atoms with van der Waals surface area (Å²) in [6.45, 7) is 0. The fourth-order valence-corrected chi connectivity index (χ4v) is 7.75. The van der Waals surface area contributed by atoms with Crippen LogP contribution in [0.1, 0.15) is 27.8 Å². The van der Waals surface area contributed by atoms with Crippen LogP contribution in [0.3, 0.4) is 0 Å². The summed E-state index contributed by atoms with van der Waals surface area (Å²) in [5.41, 5.74) is 8.95. The van der Waals surface area contributed by atoms with Crippen molar-refractivity contribution in [3.8, 4) is 34.5 Å². The SMILES string of the molecule is N#Cc1ccccc1-c1cc(-n2c3ccccc3c3ccccc32)nc(-c2cccc(C(c3ccccc3)(c3ccccc3)c3ccccc3)c2)n1. The van der Waals surface area contributed by atoms with Crippen molar-refractivity contribution in [3.63, 3.8) is 0 Å². The van der Waals surface area contributed by atoms with E-state index in [0.29, 0.717) is 17.1 Å². The molecular weight excluding hydrogens is 633 g/mol. The van der Waals surface area contributed by atoms with Crippen molar-refractivity contribution in [2.75, 3.05) is 0 Å². The molecule has 0 unspecified atom stereocenters. The maximum atomic E-state index is 10.2. The van der Waals surface area contributed by atoms with Gasteiger partial charge < -0.3 is 0 Å². The van der Waals surface area contributed by atoms with Crippen LogP contribution >= 0.6 is 0 Å². The van der Waals surface area contributed by atoms with Gasteiger partial charge in [-0.2, -0.15) is 5.26 Å². The second kappa shape index (κ2) is 13.0. The molecule has 0 fully saturated rings. The molecule has 0 saturated heterocycles. The molecule has 244 valence electrons. The van der Waals surface area contributed by atoms with Crippen LogP contribution in [0, 0.1) is 11.3 Å².